The molecule has 2 aromatic rings. The summed E-state index contributed by atoms with van der Waals surface area (Å²) in [5.74, 6) is 1.38. The van der Waals surface area contributed by atoms with Gasteiger partial charge in [-0.1, -0.05) is 12.1 Å². The first-order chi connectivity index (χ1) is 9.73. The van der Waals surface area contributed by atoms with Crippen molar-refractivity contribution in [2.24, 2.45) is 0 Å². The van der Waals surface area contributed by atoms with Crippen molar-refractivity contribution in [3.63, 3.8) is 0 Å². The van der Waals surface area contributed by atoms with E-state index in [1.807, 2.05) is 36.4 Å². The van der Waals surface area contributed by atoms with E-state index in [0.29, 0.717) is 11.5 Å². The first-order valence-electron chi connectivity index (χ1n) is 6.29. The lowest BCUT2D eigenvalue weighted by Gasteiger charge is -2.14. The Morgan fingerprint density at radius 1 is 0.750 bits per heavy atom. The molecule has 0 spiro atoms. The number of hydrogen-bond acceptors (Lipinski definition) is 4. The summed E-state index contributed by atoms with van der Waals surface area (Å²) in [6.45, 7) is -0.0853. The number of benzene rings is 2. The topological polar surface area (TPSA) is 58.9 Å². The molecule has 0 atom stereocenters. The fourth-order valence-corrected chi connectivity index (χ4v) is 2.13. The number of hydrogen-bond donors (Lipinski definition) is 2. The van der Waals surface area contributed by atoms with E-state index in [4.69, 9.17) is 9.47 Å². The van der Waals surface area contributed by atoms with Crippen LogP contribution in [0.2, 0.25) is 0 Å². The van der Waals surface area contributed by atoms with Gasteiger partial charge in [-0.05, 0) is 35.4 Å². The van der Waals surface area contributed by atoms with Crippen LogP contribution in [0.15, 0.2) is 36.4 Å². The quantitative estimate of drug-likeness (QED) is 0.878. The second-order valence-corrected chi connectivity index (χ2v) is 4.39. The average Bonchev–Trinajstić information content (AvgIpc) is 2.53. The molecule has 0 saturated carbocycles. The van der Waals surface area contributed by atoms with Gasteiger partial charge in [0.05, 0.1) is 27.4 Å². The number of ether oxygens (including phenoxy) is 2. The lowest BCUT2D eigenvalue weighted by atomic mass is 9.99. The van der Waals surface area contributed by atoms with Crippen molar-refractivity contribution in [1.82, 2.24) is 0 Å². The summed E-state index contributed by atoms with van der Waals surface area (Å²) in [5, 5.41) is 18.6. The van der Waals surface area contributed by atoms with Gasteiger partial charge in [0, 0.05) is 11.1 Å². The van der Waals surface area contributed by atoms with E-state index in [2.05, 4.69) is 0 Å². The Morgan fingerprint density at radius 2 is 1.15 bits per heavy atom. The molecular formula is C16H18O4. The van der Waals surface area contributed by atoms with Gasteiger partial charge in [-0.2, -0.15) is 0 Å². The van der Waals surface area contributed by atoms with Gasteiger partial charge in [-0.15, -0.1) is 0 Å². The minimum Gasteiger partial charge on any atom is -0.496 e. The summed E-state index contributed by atoms with van der Waals surface area (Å²) < 4.78 is 10.7. The van der Waals surface area contributed by atoms with E-state index in [0.717, 1.165) is 22.3 Å². The summed E-state index contributed by atoms with van der Waals surface area (Å²) in [7, 11) is 3.19. The summed E-state index contributed by atoms with van der Waals surface area (Å²) in [4.78, 5) is 0. The molecule has 2 rings (SSSR count). The highest BCUT2D eigenvalue weighted by atomic mass is 16.5. The molecule has 0 bridgehead atoms. The van der Waals surface area contributed by atoms with E-state index in [9.17, 15) is 10.2 Å². The van der Waals surface area contributed by atoms with Crippen LogP contribution in [-0.2, 0) is 13.2 Å². The zero-order valence-electron chi connectivity index (χ0n) is 11.6. The highest BCUT2D eigenvalue weighted by molar-refractivity contribution is 5.77. The molecule has 0 heterocycles. The number of aliphatic hydroxyl groups is 2. The van der Waals surface area contributed by atoms with Crippen LogP contribution in [0.4, 0.5) is 0 Å². The number of aliphatic hydroxyl groups excluding tert-OH is 2. The third-order valence-corrected chi connectivity index (χ3v) is 3.18. The molecule has 2 N–H and O–H groups in total. The van der Waals surface area contributed by atoms with Gasteiger partial charge >= 0.3 is 0 Å². The fourth-order valence-electron chi connectivity index (χ4n) is 2.13. The molecular weight excluding hydrogens is 256 g/mol. The van der Waals surface area contributed by atoms with Crippen LogP contribution in [0.25, 0.3) is 11.1 Å². The van der Waals surface area contributed by atoms with Crippen molar-refractivity contribution < 1.29 is 19.7 Å². The van der Waals surface area contributed by atoms with Crippen LogP contribution in [0.3, 0.4) is 0 Å². The van der Waals surface area contributed by atoms with Crippen molar-refractivity contribution in [2.75, 3.05) is 14.2 Å². The maximum Gasteiger partial charge on any atom is 0.126 e. The normalized spacial score (nSPS) is 10.4. The number of rotatable bonds is 5. The Bertz CT molecular complexity index is 540. The molecule has 106 valence electrons. The van der Waals surface area contributed by atoms with Crippen LogP contribution < -0.4 is 9.47 Å². The Balaban J connectivity index is 2.64. The van der Waals surface area contributed by atoms with E-state index in [1.165, 1.54) is 0 Å². The Morgan fingerprint density at radius 3 is 1.45 bits per heavy atom. The molecule has 0 saturated heterocycles. The Kier molecular flexibility index (Phi) is 4.61. The summed E-state index contributed by atoms with van der Waals surface area (Å²) in [6, 6.07) is 11.0. The maximum atomic E-state index is 9.29. The zero-order valence-corrected chi connectivity index (χ0v) is 11.6. The van der Waals surface area contributed by atoms with Gasteiger partial charge in [-0.25, -0.2) is 0 Å². The van der Waals surface area contributed by atoms with Crippen LogP contribution in [-0.4, -0.2) is 24.4 Å². The molecule has 0 aliphatic heterocycles. The lowest BCUT2D eigenvalue weighted by molar-refractivity contribution is 0.281. The van der Waals surface area contributed by atoms with Gasteiger partial charge < -0.3 is 19.7 Å². The Hall–Kier alpha value is -2.04. The van der Waals surface area contributed by atoms with Crippen LogP contribution in [0, 0.1) is 0 Å². The molecule has 4 heteroatoms. The molecule has 0 fully saturated rings. The lowest BCUT2D eigenvalue weighted by Crippen LogP contribution is -1.95. The van der Waals surface area contributed by atoms with Crippen molar-refractivity contribution in [3.8, 4) is 22.6 Å². The van der Waals surface area contributed by atoms with Crippen LogP contribution >= 0.6 is 0 Å². The molecule has 0 aromatic heterocycles. The largest absolute Gasteiger partial charge is 0.496 e. The number of methoxy groups -OCH3 is 2. The third-order valence-electron chi connectivity index (χ3n) is 3.18. The minimum atomic E-state index is -0.0427. The van der Waals surface area contributed by atoms with Crippen molar-refractivity contribution in [2.45, 2.75) is 13.2 Å². The molecule has 0 aliphatic carbocycles. The van der Waals surface area contributed by atoms with E-state index >= 15 is 0 Å². The van der Waals surface area contributed by atoms with Gasteiger partial charge in [0.1, 0.15) is 11.5 Å². The molecule has 2 aromatic carbocycles. The summed E-state index contributed by atoms with van der Waals surface area (Å²) in [6.07, 6.45) is 0. The van der Waals surface area contributed by atoms with E-state index in [1.54, 1.807) is 14.2 Å². The highest BCUT2D eigenvalue weighted by Crippen LogP contribution is 2.37. The van der Waals surface area contributed by atoms with Gasteiger partial charge in [-0.3, -0.25) is 0 Å². The van der Waals surface area contributed by atoms with Gasteiger partial charge in [0.2, 0.25) is 0 Å². The van der Waals surface area contributed by atoms with E-state index < -0.39 is 0 Å². The average molecular weight is 274 g/mol. The van der Waals surface area contributed by atoms with Gasteiger partial charge in [0.25, 0.3) is 0 Å². The Labute approximate surface area is 118 Å². The minimum absolute atomic E-state index is 0.0427. The molecule has 4 nitrogen and oxygen atoms in total. The van der Waals surface area contributed by atoms with Crippen LogP contribution in [0.5, 0.6) is 11.5 Å². The highest BCUT2D eigenvalue weighted by Gasteiger charge is 2.13. The summed E-state index contributed by atoms with van der Waals surface area (Å²) in [5.41, 5.74) is 3.23. The smallest absolute Gasteiger partial charge is 0.126 e. The fraction of sp³-hybridized carbons (Fsp3) is 0.250. The maximum absolute atomic E-state index is 9.29. The monoisotopic (exact) mass is 274 g/mol. The first kappa shape index (κ1) is 14.4. The van der Waals surface area contributed by atoms with Crippen molar-refractivity contribution in [3.05, 3.63) is 47.5 Å². The van der Waals surface area contributed by atoms with E-state index in [-0.39, 0.29) is 13.2 Å². The predicted molar refractivity (Wildman–Crippen MR) is 76.8 cm³/mol. The SMILES string of the molecule is COc1ccc(CO)cc1-c1cc(CO)ccc1OC. The molecule has 0 radical (unpaired) electrons. The zero-order chi connectivity index (χ0) is 14.5. The molecule has 0 aliphatic rings. The first-order valence-corrected chi connectivity index (χ1v) is 6.29. The second kappa shape index (κ2) is 6.41. The summed E-state index contributed by atoms with van der Waals surface area (Å²) >= 11 is 0. The molecule has 0 amide bonds. The van der Waals surface area contributed by atoms with Crippen LogP contribution in [0.1, 0.15) is 11.1 Å². The van der Waals surface area contributed by atoms with Crippen molar-refractivity contribution in [1.29, 1.82) is 0 Å². The molecule has 0 unspecified atom stereocenters. The van der Waals surface area contributed by atoms with Gasteiger partial charge in [0.15, 0.2) is 0 Å². The van der Waals surface area contributed by atoms with Crippen molar-refractivity contribution >= 4 is 0 Å². The molecule has 20 heavy (non-hydrogen) atoms. The second-order valence-electron chi connectivity index (χ2n) is 4.39. The third kappa shape index (κ3) is 2.76. The standard InChI is InChI=1S/C16H18O4/c1-19-15-5-3-11(9-17)7-13(15)14-8-12(10-18)4-6-16(14)20-2/h3-8,17-18H,9-10H2,1-2H3. The predicted octanol–water partition coefficient (Wildman–Crippen LogP) is 2.36.